The molecule has 0 saturated carbocycles. The van der Waals surface area contributed by atoms with Crippen molar-refractivity contribution in [3.05, 3.63) is 48.5 Å². The molecule has 0 unspecified atom stereocenters. The maximum atomic E-state index is 12.6. The molecule has 2 aromatic rings. The van der Waals surface area contributed by atoms with Crippen molar-refractivity contribution < 1.29 is 14.7 Å². The van der Waals surface area contributed by atoms with Crippen LogP contribution >= 0.6 is 0 Å². The van der Waals surface area contributed by atoms with E-state index in [0.717, 1.165) is 5.69 Å². The summed E-state index contributed by atoms with van der Waals surface area (Å²) in [5.74, 6) is -0.740. The van der Waals surface area contributed by atoms with Gasteiger partial charge in [0.2, 0.25) is 5.91 Å². The molecule has 1 fully saturated rings. The number of nitrogens with zero attached hydrogens (tertiary/aromatic N) is 3. The van der Waals surface area contributed by atoms with Crippen LogP contribution in [0.4, 0.5) is 5.69 Å². The monoisotopic (exact) mass is 343 g/mol. The fourth-order valence-corrected chi connectivity index (χ4v) is 2.85. The fourth-order valence-electron chi connectivity index (χ4n) is 2.85. The molecule has 0 radical (unpaired) electrons. The van der Waals surface area contributed by atoms with Crippen LogP contribution in [0.5, 0.6) is 0 Å². The molecule has 8 nitrogen and oxygen atoms in total. The third-order valence-corrected chi connectivity index (χ3v) is 4.24. The molecule has 132 valence electrons. The maximum absolute atomic E-state index is 12.6. The first kappa shape index (κ1) is 17.0. The predicted molar refractivity (Wildman–Crippen MR) is 92.2 cm³/mol. The Kier molecular flexibility index (Phi) is 5.30. The van der Waals surface area contributed by atoms with Crippen LogP contribution in [-0.4, -0.2) is 70.6 Å². The van der Waals surface area contributed by atoms with Gasteiger partial charge in [0.1, 0.15) is 11.7 Å². The van der Waals surface area contributed by atoms with Crippen LogP contribution in [0, 0.1) is 0 Å². The van der Waals surface area contributed by atoms with Gasteiger partial charge < -0.3 is 25.2 Å². The Morgan fingerprint density at radius 2 is 1.92 bits per heavy atom. The number of para-hydroxylation sites is 1. The summed E-state index contributed by atoms with van der Waals surface area (Å²) in [7, 11) is 0. The summed E-state index contributed by atoms with van der Waals surface area (Å²) in [5, 5.41) is 12.0. The number of piperazine rings is 1. The van der Waals surface area contributed by atoms with Crippen LogP contribution < -0.4 is 10.2 Å². The number of H-pyrrole nitrogens is 1. The summed E-state index contributed by atoms with van der Waals surface area (Å²) >= 11 is 0. The number of hydrogen-bond acceptors (Lipinski definition) is 5. The van der Waals surface area contributed by atoms with Crippen LogP contribution in [-0.2, 0) is 4.79 Å². The Labute approximate surface area is 145 Å². The molecule has 3 rings (SSSR count). The van der Waals surface area contributed by atoms with Crippen molar-refractivity contribution in [3.63, 3.8) is 0 Å². The van der Waals surface area contributed by atoms with E-state index in [1.807, 2.05) is 30.3 Å². The molecule has 1 aromatic heterocycles. The van der Waals surface area contributed by atoms with E-state index in [1.54, 1.807) is 4.90 Å². The number of anilines is 1. The number of nitrogens with one attached hydrogen (secondary N) is 2. The molecule has 2 heterocycles. The summed E-state index contributed by atoms with van der Waals surface area (Å²) in [4.78, 5) is 34.9. The van der Waals surface area contributed by atoms with Gasteiger partial charge in [-0.3, -0.25) is 9.59 Å². The molecule has 3 N–H and O–H groups in total. The summed E-state index contributed by atoms with van der Waals surface area (Å²) in [6, 6.07) is 9.06. The fraction of sp³-hybridized carbons (Fsp3) is 0.353. The van der Waals surface area contributed by atoms with Crippen molar-refractivity contribution in [3.8, 4) is 0 Å². The van der Waals surface area contributed by atoms with Crippen LogP contribution in [0.1, 0.15) is 10.5 Å². The van der Waals surface area contributed by atoms with E-state index in [4.69, 9.17) is 0 Å². The van der Waals surface area contributed by atoms with Gasteiger partial charge in [0.25, 0.3) is 5.91 Å². The van der Waals surface area contributed by atoms with Crippen molar-refractivity contribution in [2.24, 2.45) is 0 Å². The van der Waals surface area contributed by atoms with Gasteiger partial charge >= 0.3 is 0 Å². The number of rotatable bonds is 5. The highest BCUT2D eigenvalue weighted by atomic mass is 16.3. The zero-order valence-electron chi connectivity index (χ0n) is 13.8. The summed E-state index contributed by atoms with van der Waals surface area (Å²) in [6.45, 7) is 2.07. The highest BCUT2D eigenvalue weighted by Crippen LogP contribution is 2.16. The first-order valence-corrected chi connectivity index (χ1v) is 8.18. The van der Waals surface area contributed by atoms with Gasteiger partial charge in [-0.05, 0) is 12.1 Å². The molecule has 0 spiro atoms. The number of aliphatic hydroxyl groups excluding tert-OH is 1. The number of carbonyl (C=O) groups is 2. The molecule has 1 saturated heterocycles. The number of amides is 2. The number of aliphatic hydroxyl groups is 1. The highest BCUT2D eigenvalue weighted by molar-refractivity contribution is 5.96. The Morgan fingerprint density at radius 3 is 2.52 bits per heavy atom. The molecular formula is C17H21N5O3. The molecule has 8 heteroatoms. The molecular weight excluding hydrogens is 322 g/mol. The Morgan fingerprint density at radius 1 is 1.20 bits per heavy atom. The standard InChI is InChI=1S/C17H21N5O3/c23-11-15(20-16(24)14-10-18-12-19-14)17(25)22-8-6-21(7-9-22)13-4-2-1-3-5-13/h1-5,10,12,15,23H,6-9,11H2,(H,18,19)(H,20,24)/t15-/m0/s1. The maximum Gasteiger partial charge on any atom is 0.270 e. The van der Waals surface area contributed by atoms with Crippen molar-refractivity contribution in [1.82, 2.24) is 20.2 Å². The van der Waals surface area contributed by atoms with Crippen LogP contribution in [0.15, 0.2) is 42.9 Å². The zero-order chi connectivity index (χ0) is 17.6. The molecule has 1 atom stereocenters. The largest absolute Gasteiger partial charge is 0.394 e. The number of hydrogen-bond donors (Lipinski definition) is 3. The number of carbonyl (C=O) groups excluding carboxylic acids is 2. The Bertz CT molecular complexity index is 696. The summed E-state index contributed by atoms with van der Waals surface area (Å²) in [6.07, 6.45) is 2.75. The third kappa shape index (κ3) is 3.97. The number of benzene rings is 1. The molecule has 25 heavy (non-hydrogen) atoms. The van der Waals surface area contributed by atoms with Crippen molar-refractivity contribution in [2.75, 3.05) is 37.7 Å². The lowest BCUT2D eigenvalue weighted by atomic mass is 10.2. The summed E-state index contributed by atoms with van der Waals surface area (Å²) < 4.78 is 0. The summed E-state index contributed by atoms with van der Waals surface area (Å²) in [5.41, 5.74) is 1.38. The lowest BCUT2D eigenvalue weighted by Gasteiger charge is -2.37. The Hall–Kier alpha value is -2.87. The minimum atomic E-state index is -0.959. The van der Waals surface area contributed by atoms with Crippen LogP contribution in [0.3, 0.4) is 0 Å². The third-order valence-electron chi connectivity index (χ3n) is 4.24. The second kappa shape index (κ2) is 7.80. The predicted octanol–water partition coefficient (Wildman–Crippen LogP) is -0.151. The minimum Gasteiger partial charge on any atom is -0.394 e. The number of aromatic amines is 1. The van der Waals surface area contributed by atoms with Gasteiger partial charge in [0, 0.05) is 31.9 Å². The lowest BCUT2D eigenvalue weighted by molar-refractivity contribution is -0.134. The first-order valence-electron chi connectivity index (χ1n) is 8.18. The molecule has 0 aliphatic carbocycles. The molecule has 1 aliphatic rings. The highest BCUT2D eigenvalue weighted by Gasteiger charge is 2.28. The topological polar surface area (TPSA) is 102 Å². The lowest BCUT2D eigenvalue weighted by Crippen LogP contribution is -2.56. The van der Waals surface area contributed by atoms with E-state index in [2.05, 4.69) is 20.2 Å². The van der Waals surface area contributed by atoms with Gasteiger partial charge in [0.15, 0.2) is 0 Å². The van der Waals surface area contributed by atoms with Crippen molar-refractivity contribution in [2.45, 2.75) is 6.04 Å². The van der Waals surface area contributed by atoms with Crippen LogP contribution in [0.25, 0.3) is 0 Å². The quantitative estimate of drug-likeness (QED) is 0.701. The van der Waals surface area contributed by atoms with Gasteiger partial charge in [-0.1, -0.05) is 18.2 Å². The minimum absolute atomic E-state index is 0.250. The average molecular weight is 343 g/mol. The SMILES string of the molecule is O=C(N[C@@H](CO)C(=O)N1CCN(c2ccccc2)CC1)c1cnc[nH]1. The van der Waals surface area contributed by atoms with E-state index in [0.29, 0.717) is 26.2 Å². The van der Waals surface area contributed by atoms with E-state index in [-0.39, 0.29) is 11.6 Å². The normalized spacial score (nSPS) is 15.7. The van der Waals surface area contributed by atoms with Crippen molar-refractivity contribution >= 4 is 17.5 Å². The molecule has 0 bridgehead atoms. The Balaban J connectivity index is 1.56. The average Bonchev–Trinajstić information content (AvgIpc) is 3.21. The van der Waals surface area contributed by atoms with E-state index in [1.165, 1.54) is 12.5 Å². The van der Waals surface area contributed by atoms with E-state index >= 15 is 0 Å². The van der Waals surface area contributed by atoms with E-state index < -0.39 is 18.6 Å². The zero-order valence-corrected chi connectivity index (χ0v) is 13.8. The second-order valence-corrected chi connectivity index (χ2v) is 5.82. The number of imidazole rings is 1. The number of aromatic nitrogens is 2. The van der Waals surface area contributed by atoms with E-state index in [9.17, 15) is 14.7 Å². The van der Waals surface area contributed by atoms with Gasteiger partial charge in [0.05, 0.1) is 19.1 Å². The van der Waals surface area contributed by atoms with Crippen molar-refractivity contribution in [1.29, 1.82) is 0 Å². The van der Waals surface area contributed by atoms with Gasteiger partial charge in [-0.25, -0.2) is 4.98 Å². The smallest absolute Gasteiger partial charge is 0.270 e. The molecule has 2 amide bonds. The second-order valence-electron chi connectivity index (χ2n) is 5.82. The molecule has 1 aliphatic heterocycles. The van der Waals surface area contributed by atoms with Gasteiger partial charge in [-0.15, -0.1) is 0 Å². The first-order chi connectivity index (χ1) is 12.2. The molecule has 1 aromatic carbocycles. The van der Waals surface area contributed by atoms with Crippen LogP contribution in [0.2, 0.25) is 0 Å². The van der Waals surface area contributed by atoms with Gasteiger partial charge in [-0.2, -0.15) is 0 Å².